The molecule has 2 atom stereocenters. The zero-order valence-corrected chi connectivity index (χ0v) is 20.5. The summed E-state index contributed by atoms with van der Waals surface area (Å²) in [4.78, 5) is 62.4. The van der Waals surface area contributed by atoms with Gasteiger partial charge in [-0.15, -0.1) is 0 Å². The Kier molecular flexibility index (Phi) is 9.92. The lowest BCUT2D eigenvalue weighted by molar-refractivity contribution is -0.384. The maximum Gasteiger partial charge on any atom is 0.269 e. The second-order valence-electron chi connectivity index (χ2n) is 8.89. The number of nitrogens with one attached hydrogen (secondary N) is 2. The minimum absolute atomic E-state index is 0.00975. The number of amides is 4. The fourth-order valence-corrected chi connectivity index (χ4v) is 4.09. The van der Waals surface area contributed by atoms with Crippen LogP contribution in [0.25, 0.3) is 0 Å². The topological polar surface area (TPSA) is 142 Å². The molecule has 1 saturated heterocycles. The third-order valence-corrected chi connectivity index (χ3v) is 6.02. The summed E-state index contributed by atoms with van der Waals surface area (Å²) in [5.74, 6) is -0.874. The molecule has 0 spiro atoms. The third kappa shape index (κ3) is 7.36. The number of nitro groups is 1. The lowest BCUT2D eigenvalue weighted by Gasteiger charge is -2.30. The molecule has 0 saturated carbocycles. The van der Waals surface area contributed by atoms with E-state index in [-0.39, 0.29) is 48.5 Å². The monoisotopic (exact) mass is 487 g/mol. The lowest BCUT2D eigenvalue weighted by Crippen LogP contribution is -2.47. The molecule has 1 aromatic rings. The van der Waals surface area contributed by atoms with Crippen molar-refractivity contribution in [2.75, 3.05) is 20.1 Å². The van der Waals surface area contributed by atoms with E-state index in [1.807, 2.05) is 13.8 Å². The quantitative estimate of drug-likeness (QED) is 0.209. The number of hydrogen-bond donors (Lipinski definition) is 2. The zero-order chi connectivity index (χ0) is 26.1. The minimum atomic E-state index is -0.641. The highest BCUT2D eigenvalue weighted by atomic mass is 16.6. The molecule has 2 N–H and O–H groups in total. The fraction of sp³-hybridized carbons (Fsp3) is 0.500. The first-order chi connectivity index (χ1) is 16.6. The van der Waals surface area contributed by atoms with Crippen molar-refractivity contribution in [1.82, 2.24) is 20.4 Å². The van der Waals surface area contributed by atoms with E-state index in [0.29, 0.717) is 36.9 Å². The van der Waals surface area contributed by atoms with Gasteiger partial charge in [-0.3, -0.25) is 29.3 Å². The van der Waals surface area contributed by atoms with Crippen LogP contribution in [0.5, 0.6) is 0 Å². The van der Waals surface area contributed by atoms with Crippen molar-refractivity contribution >= 4 is 29.8 Å². The Morgan fingerprint density at radius 3 is 2.66 bits per heavy atom. The third-order valence-electron chi connectivity index (χ3n) is 6.02. The van der Waals surface area contributed by atoms with Crippen LogP contribution in [-0.4, -0.2) is 71.1 Å². The number of hydrogen-bond acceptors (Lipinski definition) is 6. The zero-order valence-electron chi connectivity index (χ0n) is 20.5. The Morgan fingerprint density at radius 1 is 1.31 bits per heavy atom. The van der Waals surface area contributed by atoms with Gasteiger partial charge in [0.1, 0.15) is 6.04 Å². The standard InChI is InChI=1S/C24H33N5O6/c1-16(2)21(27(4)22(31)14-25-15-30)11-17(3)24(33)28-10-6-9-20(28)23(32)26-13-18-7-5-8-19(12-18)29(34)35/h5,7-8,11-12,15-16,20-21H,6,9-10,13-14H2,1-4H3,(H,25,30)(H,26,32)/b17-11+/t20-,21?/m0/s1. The van der Waals surface area contributed by atoms with Gasteiger partial charge in [-0.1, -0.05) is 32.1 Å². The maximum atomic E-state index is 13.2. The summed E-state index contributed by atoms with van der Waals surface area (Å²) in [6, 6.07) is 5.01. The molecule has 0 aromatic heterocycles. The largest absolute Gasteiger partial charge is 0.350 e. The lowest BCUT2D eigenvalue weighted by atomic mass is 9.99. The van der Waals surface area contributed by atoms with Gasteiger partial charge in [0, 0.05) is 37.8 Å². The number of rotatable bonds is 11. The Labute approximate surface area is 204 Å². The number of nitro benzene ring substituents is 1. The van der Waals surface area contributed by atoms with E-state index in [1.54, 1.807) is 32.2 Å². The van der Waals surface area contributed by atoms with Crippen LogP contribution in [0, 0.1) is 16.0 Å². The molecule has 11 nitrogen and oxygen atoms in total. The van der Waals surface area contributed by atoms with Gasteiger partial charge >= 0.3 is 0 Å². The molecule has 4 amide bonds. The number of likely N-dealkylation sites (tertiary alicyclic amines) is 1. The van der Waals surface area contributed by atoms with Gasteiger partial charge in [0.05, 0.1) is 17.5 Å². The second kappa shape index (κ2) is 12.6. The molecule has 0 radical (unpaired) electrons. The fourth-order valence-electron chi connectivity index (χ4n) is 4.09. The molecular weight excluding hydrogens is 454 g/mol. The normalized spacial score (nSPS) is 16.5. The number of non-ortho nitro benzene ring substituents is 1. The van der Waals surface area contributed by atoms with E-state index in [4.69, 9.17) is 0 Å². The average molecular weight is 488 g/mol. The highest BCUT2D eigenvalue weighted by molar-refractivity contribution is 5.97. The van der Waals surface area contributed by atoms with E-state index in [1.165, 1.54) is 21.9 Å². The van der Waals surface area contributed by atoms with Crippen molar-refractivity contribution < 1.29 is 24.1 Å². The van der Waals surface area contributed by atoms with Crippen molar-refractivity contribution in [3.63, 3.8) is 0 Å². The summed E-state index contributed by atoms with van der Waals surface area (Å²) in [5, 5.41) is 16.1. The van der Waals surface area contributed by atoms with E-state index >= 15 is 0 Å². The maximum absolute atomic E-state index is 13.2. The number of benzene rings is 1. The van der Waals surface area contributed by atoms with E-state index < -0.39 is 11.0 Å². The van der Waals surface area contributed by atoms with Crippen molar-refractivity contribution in [1.29, 1.82) is 0 Å². The first-order valence-electron chi connectivity index (χ1n) is 11.5. The van der Waals surface area contributed by atoms with E-state index in [0.717, 1.165) is 0 Å². The first-order valence-corrected chi connectivity index (χ1v) is 11.5. The summed E-state index contributed by atoms with van der Waals surface area (Å²) in [6.07, 6.45) is 3.38. The second-order valence-corrected chi connectivity index (χ2v) is 8.89. The minimum Gasteiger partial charge on any atom is -0.350 e. The number of nitrogens with zero attached hydrogens (tertiary/aromatic N) is 3. The van der Waals surface area contributed by atoms with Crippen LogP contribution in [0.4, 0.5) is 5.69 Å². The predicted octanol–water partition coefficient (Wildman–Crippen LogP) is 1.38. The highest BCUT2D eigenvalue weighted by Crippen LogP contribution is 2.22. The van der Waals surface area contributed by atoms with Gasteiger partial charge in [-0.05, 0) is 31.2 Å². The van der Waals surface area contributed by atoms with Crippen molar-refractivity contribution in [2.24, 2.45) is 5.92 Å². The van der Waals surface area contributed by atoms with Crippen LogP contribution in [0.1, 0.15) is 39.2 Å². The van der Waals surface area contributed by atoms with Gasteiger partial charge in [0.25, 0.3) is 5.69 Å². The number of likely N-dealkylation sites (N-methyl/N-ethyl adjacent to an activating group) is 1. The molecular formula is C24H33N5O6. The molecule has 1 fully saturated rings. The van der Waals surface area contributed by atoms with Crippen molar-refractivity contribution in [3.05, 3.63) is 51.6 Å². The molecule has 190 valence electrons. The predicted molar refractivity (Wildman–Crippen MR) is 129 cm³/mol. The summed E-state index contributed by atoms with van der Waals surface area (Å²) in [6.45, 7) is 5.93. The summed E-state index contributed by atoms with van der Waals surface area (Å²) >= 11 is 0. The van der Waals surface area contributed by atoms with Crippen LogP contribution in [0.2, 0.25) is 0 Å². The summed E-state index contributed by atoms with van der Waals surface area (Å²) < 4.78 is 0. The molecule has 1 aliphatic heterocycles. The smallest absolute Gasteiger partial charge is 0.269 e. The molecule has 1 unspecified atom stereocenters. The molecule has 1 aliphatic rings. The van der Waals surface area contributed by atoms with Gasteiger partial charge in [-0.25, -0.2) is 0 Å². The average Bonchev–Trinajstić information content (AvgIpc) is 3.33. The first kappa shape index (κ1) is 27.5. The van der Waals surface area contributed by atoms with Crippen molar-refractivity contribution in [2.45, 2.75) is 52.2 Å². The molecule has 0 aliphatic carbocycles. The van der Waals surface area contributed by atoms with Crippen LogP contribution in [0.15, 0.2) is 35.9 Å². The van der Waals surface area contributed by atoms with Crippen LogP contribution >= 0.6 is 0 Å². The van der Waals surface area contributed by atoms with Crippen molar-refractivity contribution in [3.8, 4) is 0 Å². The van der Waals surface area contributed by atoms with E-state index in [2.05, 4.69) is 10.6 Å². The molecule has 11 heteroatoms. The molecule has 1 heterocycles. The van der Waals surface area contributed by atoms with Gasteiger partial charge in [0.15, 0.2) is 0 Å². The van der Waals surface area contributed by atoms with Gasteiger partial charge < -0.3 is 20.4 Å². The van der Waals surface area contributed by atoms with Crippen LogP contribution in [-0.2, 0) is 25.7 Å². The van der Waals surface area contributed by atoms with Gasteiger partial charge in [0.2, 0.25) is 24.1 Å². The number of carbonyl (C=O) groups excluding carboxylic acids is 4. The molecule has 2 rings (SSSR count). The Hall–Kier alpha value is -3.76. The van der Waals surface area contributed by atoms with Gasteiger partial charge in [-0.2, -0.15) is 0 Å². The summed E-state index contributed by atoms with van der Waals surface area (Å²) in [7, 11) is 1.62. The highest BCUT2D eigenvalue weighted by Gasteiger charge is 2.35. The van der Waals surface area contributed by atoms with E-state index in [9.17, 15) is 29.3 Å². The molecule has 0 bridgehead atoms. The Bertz CT molecular complexity index is 992. The van der Waals surface area contributed by atoms with Crippen LogP contribution in [0.3, 0.4) is 0 Å². The molecule has 1 aromatic carbocycles. The Morgan fingerprint density at radius 2 is 2.03 bits per heavy atom. The molecule has 35 heavy (non-hydrogen) atoms. The summed E-state index contributed by atoms with van der Waals surface area (Å²) in [5.41, 5.74) is 0.960. The number of carbonyl (C=O) groups is 4. The Balaban J connectivity index is 2.08. The SMILES string of the molecule is C/C(=C\C(C(C)C)N(C)C(=O)CNC=O)C(=O)N1CCC[C@H]1C(=O)NCc1cccc([N+](=O)[O-])c1. The van der Waals surface area contributed by atoms with Crippen LogP contribution < -0.4 is 10.6 Å².